The number of hydrogen-bond acceptors (Lipinski definition) is 4. The predicted molar refractivity (Wildman–Crippen MR) is 107 cm³/mol. The Labute approximate surface area is 160 Å². The van der Waals surface area contributed by atoms with Crippen LogP contribution < -0.4 is 9.47 Å². The van der Waals surface area contributed by atoms with E-state index >= 15 is 0 Å². The molecule has 1 aromatic heterocycles. The molecule has 1 heterocycles. The first-order valence-corrected chi connectivity index (χ1v) is 9.14. The number of rotatable bonds is 8. The first kappa shape index (κ1) is 18.9. The van der Waals surface area contributed by atoms with Gasteiger partial charge in [-0.1, -0.05) is 36.4 Å². The van der Waals surface area contributed by atoms with Gasteiger partial charge < -0.3 is 14.6 Å². The van der Waals surface area contributed by atoms with Crippen LogP contribution in [0.15, 0.2) is 73.1 Å². The van der Waals surface area contributed by atoms with Crippen LogP contribution >= 0.6 is 0 Å². The summed E-state index contributed by atoms with van der Waals surface area (Å²) >= 11 is 0. The zero-order valence-electron chi connectivity index (χ0n) is 15.7. The van der Waals surface area contributed by atoms with Gasteiger partial charge in [0.15, 0.2) is 0 Å². The normalized spacial score (nSPS) is 13.0. The number of nitrogens with zero attached hydrogens (tertiary/aromatic N) is 1. The summed E-state index contributed by atoms with van der Waals surface area (Å²) in [6, 6.07) is 19.7. The molecule has 27 heavy (non-hydrogen) atoms. The number of pyridine rings is 1. The lowest BCUT2D eigenvalue weighted by atomic mass is 10.0. The van der Waals surface area contributed by atoms with E-state index in [-0.39, 0.29) is 6.10 Å². The van der Waals surface area contributed by atoms with Crippen molar-refractivity contribution in [1.29, 1.82) is 0 Å². The molecule has 3 rings (SSSR count). The number of aliphatic hydroxyl groups is 1. The molecule has 0 amide bonds. The van der Waals surface area contributed by atoms with Gasteiger partial charge in [0.05, 0.1) is 13.2 Å². The Morgan fingerprint density at radius 2 is 1.78 bits per heavy atom. The summed E-state index contributed by atoms with van der Waals surface area (Å²) in [5.74, 6) is 1.58. The molecule has 0 saturated carbocycles. The van der Waals surface area contributed by atoms with Gasteiger partial charge in [-0.2, -0.15) is 0 Å². The van der Waals surface area contributed by atoms with Crippen molar-refractivity contribution in [3.8, 4) is 22.6 Å². The van der Waals surface area contributed by atoms with Crippen LogP contribution in [-0.4, -0.2) is 29.4 Å². The van der Waals surface area contributed by atoms with Crippen LogP contribution in [0, 0.1) is 0 Å². The highest BCUT2D eigenvalue weighted by atomic mass is 16.5. The highest BCUT2D eigenvalue weighted by Gasteiger charge is 2.16. The van der Waals surface area contributed by atoms with E-state index in [0.29, 0.717) is 6.42 Å². The average molecular weight is 363 g/mol. The van der Waals surface area contributed by atoms with Crippen LogP contribution in [0.3, 0.4) is 0 Å². The molecule has 0 radical (unpaired) electrons. The SMILES string of the molecule is COc1ccccc1-c1ccc(O[C@@H](C)[C@H](O)CCc2cccnc2)cc1. The van der Waals surface area contributed by atoms with Crippen LogP contribution in [0.25, 0.3) is 11.1 Å². The Bertz CT molecular complexity index is 834. The smallest absolute Gasteiger partial charge is 0.126 e. The molecule has 3 aromatic rings. The lowest BCUT2D eigenvalue weighted by Crippen LogP contribution is -2.29. The number of aliphatic hydroxyl groups excluding tert-OH is 1. The molecule has 140 valence electrons. The van der Waals surface area contributed by atoms with Crippen LogP contribution in [0.1, 0.15) is 18.9 Å². The summed E-state index contributed by atoms with van der Waals surface area (Å²) < 4.78 is 11.3. The first-order valence-electron chi connectivity index (χ1n) is 9.14. The lowest BCUT2D eigenvalue weighted by molar-refractivity contribution is 0.0420. The van der Waals surface area contributed by atoms with E-state index in [1.807, 2.05) is 73.8 Å². The molecule has 2 aromatic carbocycles. The monoisotopic (exact) mass is 363 g/mol. The summed E-state index contributed by atoms with van der Waals surface area (Å²) in [6.07, 6.45) is 4.15. The summed E-state index contributed by atoms with van der Waals surface area (Å²) in [6.45, 7) is 1.89. The quantitative estimate of drug-likeness (QED) is 0.639. The van der Waals surface area contributed by atoms with E-state index in [1.165, 1.54) is 0 Å². The number of aromatic nitrogens is 1. The van der Waals surface area contributed by atoms with Crippen molar-refractivity contribution in [3.63, 3.8) is 0 Å². The summed E-state index contributed by atoms with van der Waals surface area (Å²) in [4.78, 5) is 4.10. The molecule has 0 saturated heterocycles. The van der Waals surface area contributed by atoms with Crippen molar-refractivity contribution >= 4 is 0 Å². The summed E-state index contributed by atoms with van der Waals surface area (Å²) in [5.41, 5.74) is 3.21. The van der Waals surface area contributed by atoms with Crippen LogP contribution in [-0.2, 0) is 6.42 Å². The van der Waals surface area contributed by atoms with E-state index in [0.717, 1.165) is 34.6 Å². The fraction of sp³-hybridized carbons (Fsp3) is 0.261. The standard InChI is InChI=1S/C23H25NO3/c1-17(22(25)14-9-18-6-5-15-24-16-18)27-20-12-10-19(11-13-20)21-7-3-4-8-23(21)26-2/h3-8,10-13,15-17,22,25H,9,14H2,1-2H3/t17-,22+/m0/s1. The molecule has 0 fully saturated rings. The molecule has 0 aliphatic rings. The maximum atomic E-state index is 10.4. The zero-order chi connectivity index (χ0) is 19.1. The lowest BCUT2D eigenvalue weighted by Gasteiger charge is -2.21. The van der Waals surface area contributed by atoms with Gasteiger partial charge in [-0.15, -0.1) is 0 Å². The molecule has 0 aliphatic heterocycles. The van der Waals surface area contributed by atoms with Crippen molar-refractivity contribution in [2.24, 2.45) is 0 Å². The number of benzene rings is 2. The third kappa shape index (κ3) is 5.08. The minimum atomic E-state index is -0.542. The zero-order valence-corrected chi connectivity index (χ0v) is 15.7. The van der Waals surface area contributed by atoms with Crippen LogP contribution in [0.4, 0.5) is 0 Å². The van der Waals surface area contributed by atoms with Gasteiger partial charge in [0.1, 0.15) is 17.6 Å². The van der Waals surface area contributed by atoms with Gasteiger partial charge in [0.25, 0.3) is 0 Å². The molecule has 4 nitrogen and oxygen atoms in total. The third-order valence-corrected chi connectivity index (χ3v) is 4.59. The molecule has 0 bridgehead atoms. The van der Waals surface area contributed by atoms with E-state index in [4.69, 9.17) is 9.47 Å². The largest absolute Gasteiger partial charge is 0.496 e. The molecule has 0 aliphatic carbocycles. The van der Waals surface area contributed by atoms with Crippen molar-refractivity contribution in [1.82, 2.24) is 4.98 Å². The molecular weight excluding hydrogens is 338 g/mol. The second-order valence-corrected chi connectivity index (χ2v) is 6.51. The Balaban J connectivity index is 1.58. The molecule has 0 spiro atoms. The van der Waals surface area contributed by atoms with Gasteiger partial charge in [-0.3, -0.25) is 4.98 Å². The molecule has 2 atom stereocenters. The third-order valence-electron chi connectivity index (χ3n) is 4.59. The van der Waals surface area contributed by atoms with Crippen molar-refractivity contribution < 1.29 is 14.6 Å². The number of ether oxygens (including phenoxy) is 2. The molecule has 0 unspecified atom stereocenters. The molecular formula is C23H25NO3. The number of para-hydroxylation sites is 1. The van der Waals surface area contributed by atoms with Gasteiger partial charge in [-0.05, 0) is 55.2 Å². The average Bonchev–Trinajstić information content (AvgIpc) is 2.73. The topological polar surface area (TPSA) is 51.6 Å². The van der Waals surface area contributed by atoms with Gasteiger partial charge in [0.2, 0.25) is 0 Å². The number of aryl methyl sites for hydroxylation is 1. The maximum Gasteiger partial charge on any atom is 0.126 e. The van der Waals surface area contributed by atoms with E-state index in [9.17, 15) is 5.11 Å². The van der Waals surface area contributed by atoms with Crippen molar-refractivity contribution in [3.05, 3.63) is 78.6 Å². The highest BCUT2D eigenvalue weighted by molar-refractivity contribution is 5.70. The second-order valence-electron chi connectivity index (χ2n) is 6.51. The molecule has 1 N–H and O–H groups in total. The first-order chi connectivity index (χ1) is 13.2. The van der Waals surface area contributed by atoms with E-state index in [2.05, 4.69) is 4.98 Å². The number of methoxy groups -OCH3 is 1. The summed E-state index contributed by atoms with van der Waals surface area (Å²) in [7, 11) is 1.67. The molecule has 4 heteroatoms. The van der Waals surface area contributed by atoms with Crippen LogP contribution in [0.5, 0.6) is 11.5 Å². The van der Waals surface area contributed by atoms with Crippen molar-refractivity contribution in [2.75, 3.05) is 7.11 Å². The van der Waals surface area contributed by atoms with E-state index < -0.39 is 6.10 Å². The highest BCUT2D eigenvalue weighted by Crippen LogP contribution is 2.30. The minimum Gasteiger partial charge on any atom is -0.496 e. The van der Waals surface area contributed by atoms with Crippen molar-refractivity contribution in [2.45, 2.75) is 32.0 Å². The Morgan fingerprint density at radius 3 is 2.48 bits per heavy atom. The minimum absolute atomic E-state index is 0.293. The number of hydrogen-bond donors (Lipinski definition) is 1. The fourth-order valence-electron chi connectivity index (χ4n) is 2.98. The van der Waals surface area contributed by atoms with E-state index in [1.54, 1.807) is 13.3 Å². The van der Waals surface area contributed by atoms with Crippen LogP contribution in [0.2, 0.25) is 0 Å². The fourth-order valence-corrected chi connectivity index (χ4v) is 2.98. The maximum absolute atomic E-state index is 10.4. The predicted octanol–water partition coefficient (Wildman–Crippen LogP) is 4.52. The van der Waals surface area contributed by atoms with Gasteiger partial charge >= 0.3 is 0 Å². The Hall–Kier alpha value is -2.85. The summed E-state index contributed by atoms with van der Waals surface area (Å²) in [5, 5.41) is 10.4. The van der Waals surface area contributed by atoms with Gasteiger partial charge in [0, 0.05) is 18.0 Å². The Morgan fingerprint density at radius 1 is 1.00 bits per heavy atom. The van der Waals surface area contributed by atoms with Gasteiger partial charge in [-0.25, -0.2) is 0 Å². The Kier molecular flexibility index (Phi) is 6.44. The second kappa shape index (κ2) is 9.19.